The van der Waals surface area contributed by atoms with E-state index in [4.69, 9.17) is 5.21 Å². The minimum absolute atomic E-state index is 0.241. The van der Waals surface area contributed by atoms with Gasteiger partial charge in [0.2, 0.25) is 0 Å². The number of carbonyl (C=O) groups excluding carboxylic acids is 1. The van der Waals surface area contributed by atoms with E-state index in [1.165, 1.54) is 19.3 Å². The maximum Gasteiger partial charge on any atom is 0.275 e. The lowest BCUT2D eigenvalue weighted by Gasteiger charge is -2.24. The first-order chi connectivity index (χ1) is 9.54. The van der Waals surface area contributed by atoms with Crippen LogP contribution < -0.4 is 5.48 Å². The maximum absolute atomic E-state index is 12.9. The van der Waals surface area contributed by atoms with Gasteiger partial charge in [0, 0.05) is 10.6 Å². The lowest BCUT2D eigenvalue weighted by atomic mass is 9.91. The average Bonchev–Trinajstić information content (AvgIpc) is 2.47. The van der Waals surface area contributed by atoms with E-state index in [0.717, 1.165) is 12.8 Å². The average molecular weight is 295 g/mol. The molecule has 0 spiro atoms. The van der Waals surface area contributed by atoms with Crippen LogP contribution in [0.4, 0.5) is 0 Å². The van der Waals surface area contributed by atoms with Gasteiger partial charge in [-0.05, 0) is 46.3 Å². The lowest BCUT2D eigenvalue weighted by molar-refractivity contribution is 0.0703. The zero-order valence-electron chi connectivity index (χ0n) is 11.5. The number of rotatable bonds is 4. The van der Waals surface area contributed by atoms with Gasteiger partial charge in [0.25, 0.3) is 5.91 Å². The molecule has 4 nitrogen and oxygen atoms in total. The summed E-state index contributed by atoms with van der Waals surface area (Å²) in [6.07, 6.45) is 5.78. The number of nitrogens with one attached hydrogen (secondary N) is 1. The van der Waals surface area contributed by atoms with Crippen LogP contribution in [0.15, 0.2) is 29.2 Å². The smallest absolute Gasteiger partial charge is 0.275 e. The molecule has 2 N–H and O–H groups in total. The number of hydroxylamine groups is 1. The Labute approximate surface area is 120 Å². The van der Waals surface area contributed by atoms with Crippen molar-refractivity contribution in [2.24, 2.45) is 5.92 Å². The fourth-order valence-corrected chi connectivity index (χ4v) is 5.03. The Bertz CT molecular complexity index is 575. The number of carbonyl (C=O) groups is 1. The Hall–Kier alpha value is -1.33. The van der Waals surface area contributed by atoms with Crippen molar-refractivity contribution in [3.63, 3.8) is 0 Å². The molecule has 0 aliphatic heterocycles. The minimum atomic E-state index is -2.52. The zero-order chi connectivity index (χ0) is 14.6. The van der Waals surface area contributed by atoms with E-state index in [1.807, 2.05) is 0 Å². The first-order valence-corrected chi connectivity index (χ1v) is 8.82. The molecule has 5 heteroatoms. The molecule has 1 aromatic rings. The predicted octanol–water partition coefficient (Wildman–Crippen LogP) is 2.46. The van der Waals surface area contributed by atoms with Crippen molar-refractivity contribution in [3.8, 4) is 0 Å². The van der Waals surface area contributed by atoms with Crippen LogP contribution >= 0.6 is 0 Å². The van der Waals surface area contributed by atoms with E-state index >= 15 is 0 Å². The van der Waals surface area contributed by atoms with Crippen LogP contribution in [0.5, 0.6) is 0 Å². The van der Waals surface area contributed by atoms with Crippen LogP contribution in [-0.4, -0.2) is 26.9 Å². The number of hydrogen-bond donors (Lipinski definition) is 2. The molecule has 1 aliphatic carbocycles. The van der Waals surface area contributed by atoms with Gasteiger partial charge in [-0.3, -0.25) is 14.2 Å². The van der Waals surface area contributed by atoms with Gasteiger partial charge in [-0.1, -0.05) is 31.4 Å². The van der Waals surface area contributed by atoms with Crippen molar-refractivity contribution in [3.05, 3.63) is 29.8 Å². The Morgan fingerprint density at radius 3 is 2.60 bits per heavy atom. The maximum atomic E-state index is 12.9. The van der Waals surface area contributed by atoms with Crippen LogP contribution in [0.25, 0.3) is 0 Å². The summed E-state index contributed by atoms with van der Waals surface area (Å²) in [5.41, 5.74) is 1.85. The largest absolute Gasteiger partial charge is 0.288 e. The van der Waals surface area contributed by atoms with Crippen molar-refractivity contribution >= 4 is 21.3 Å². The van der Waals surface area contributed by atoms with Gasteiger partial charge >= 0.3 is 0 Å². The van der Waals surface area contributed by atoms with Crippen molar-refractivity contribution in [1.29, 1.82) is 0 Å². The topological polar surface area (TPSA) is 66.4 Å². The Morgan fingerprint density at radius 2 is 1.95 bits per heavy atom. The molecular weight excluding hydrogens is 274 g/mol. The highest BCUT2D eigenvalue weighted by atomic mass is 32.2. The third-order valence-corrected chi connectivity index (χ3v) is 6.03. The number of amides is 1. The molecule has 0 saturated heterocycles. The van der Waals surface area contributed by atoms with E-state index in [-0.39, 0.29) is 5.56 Å². The Morgan fingerprint density at radius 1 is 1.30 bits per heavy atom. The fraction of sp³-hybridized carbons (Fsp3) is 0.467. The highest BCUT2D eigenvalue weighted by molar-refractivity contribution is 8.00. The van der Waals surface area contributed by atoms with Crippen LogP contribution in [0.2, 0.25) is 0 Å². The van der Waals surface area contributed by atoms with Crippen LogP contribution in [0.3, 0.4) is 0 Å². The van der Waals surface area contributed by atoms with E-state index in [2.05, 4.69) is 5.87 Å². The molecular formula is C15H21NO3S. The van der Waals surface area contributed by atoms with Gasteiger partial charge in [-0.15, -0.1) is 0 Å². The number of benzene rings is 1. The van der Waals surface area contributed by atoms with E-state index in [0.29, 0.717) is 16.6 Å². The second kappa shape index (κ2) is 6.41. The molecule has 0 heterocycles. The summed E-state index contributed by atoms with van der Waals surface area (Å²) in [5.74, 6) is 4.17. The second-order valence-electron chi connectivity index (χ2n) is 5.42. The van der Waals surface area contributed by atoms with Gasteiger partial charge in [0.05, 0.1) is 5.56 Å². The molecule has 0 radical (unpaired) electrons. The van der Waals surface area contributed by atoms with Crippen LogP contribution in [-0.2, 0) is 9.52 Å². The normalized spacial score (nSPS) is 19.2. The summed E-state index contributed by atoms with van der Waals surface area (Å²) in [4.78, 5) is 12.1. The molecule has 0 bridgehead atoms. The second-order valence-corrected chi connectivity index (χ2v) is 7.82. The highest BCUT2D eigenvalue weighted by Gasteiger charge is 2.22. The Kier molecular flexibility index (Phi) is 4.83. The van der Waals surface area contributed by atoms with Gasteiger partial charge in [-0.2, -0.15) is 0 Å². The molecule has 1 saturated carbocycles. The third kappa shape index (κ3) is 3.41. The summed E-state index contributed by atoms with van der Waals surface area (Å²) in [5, 5.41) is 8.79. The molecule has 1 atom stereocenters. The summed E-state index contributed by atoms with van der Waals surface area (Å²) < 4.78 is 12.9. The number of hydrogen-bond acceptors (Lipinski definition) is 3. The molecule has 1 aliphatic rings. The fourth-order valence-electron chi connectivity index (χ4n) is 2.86. The van der Waals surface area contributed by atoms with Gasteiger partial charge in [0.1, 0.15) is 0 Å². The third-order valence-electron chi connectivity index (χ3n) is 3.86. The standard InChI is InChI=1S/C15H21NO3S/c1-20(19,11-12-7-3-2-4-8-12)14-10-6-5-9-13(14)15(17)16-18/h5-6,9-10,12,18H,1-4,7-8,11H2,(H,16,17). The Balaban J connectivity index is 2.27. The summed E-state index contributed by atoms with van der Waals surface area (Å²) in [6, 6.07) is 6.66. The quantitative estimate of drug-likeness (QED) is 0.509. The predicted molar refractivity (Wildman–Crippen MR) is 80.7 cm³/mol. The van der Waals surface area contributed by atoms with Crippen molar-refractivity contribution in [2.45, 2.75) is 37.0 Å². The molecule has 1 fully saturated rings. The molecule has 1 unspecified atom stereocenters. The van der Waals surface area contributed by atoms with Gasteiger partial charge in [-0.25, -0.2) is 5.48 Å². The van der Waals surface area contributed by atoms with Crippen LogP contribution in [0, 0.1) is 5.92 Å². The molecule has 110 valence electrons. The summed E-state index contributed by atoms with van der Waals surface area (Å²) in [7, 11) is -2.52. The molecule has 1 aromatic carbocycles. The highest BCUT2D eigenvalue weighted by Crippen LogP contribution is 2.28. The zero-order valence-corrected chi connectivity index (χ0v) is 12.3. The van der Waals surface area contributed by atoms with E-state index in [9.17, 15) is 9.00 Å². The summed E-state index contributed by atoms with van der Waals surface area (Å²) in [6.45, 7) is 0. The first-order valence-electron chi connectivity index (χ1n) is 6.93. The SMILES string of the molecule is C=S(=O)(CC1CCCCC1)c1ccccc1C(=O)NO. The van der Waals surface area contributed by atoms with Crippen molar-refractivity contribution in [1.82, 2.24) is 5.48 Å². The van der Waals surface area contributed by atoms with E-state index in [1.54, 1.807) is 29.7 Å². The monoisotopic (exact) mass is 295 g/mol. The van der Waals surface area contributed by atoms with Crippen molar-refractivity contribution < 1.29 is 14.2 Å². The van der Waals surface area contributed by atoms with Gasteiger partial charge < -0.3 is 0 Å². The molecule has 0 aromatic heterocycles. The lowest BCUT2D eigenvalue weighted by Crippen LogP contribution is -2.24. The molecule has 1 amide bonds. The summed E-state index contributed by atoms with van der Waals surface area (Å²) >= 11 is 0. The minimum Gasteiger partial charge on any atom is -0.288 e. The molecule has 20 heavy (non-hydrogen) atoms. The first kappa shape index (κ1) is 15.1. The van der Waals surface area contributed by atoms with Crippen molar-refractivity contribution in [2.75, 3.05) is 5.75 Å². The van der Waals surface area contributed by atoms with E-state index < -0.39 is 15.4 Å². The van der Waals surface area contributed by atoms with Gasteiger partial charge in [0.15, 0.2) is 0 Å². The van der Waals surface area contributed by atoms with Crippen LogP contribution in [0.1, 0.15) is 42.5 Å². The molecule has 2 rings (SSSR count).